The van der Waals surface area contributed by atoms with E-state index < -0.39 is 5.60 Å². The zero-order valence-corrected chi connectivity index (χ0v) is 8.00. The number of hydrogen-bond donors (Lipinski definition) is 1. The third kappa shape index (κ3) is 3.21. The van der Waals surface area contributed by atoms with E-state index in [1.165, 1.54) is 0 Å². The lowest BCUT2D eigenvalue weighted by atomic mass is 9.94. The smallest absolute Gasteiger partial charge is 0.153 e. The fourth-order valence-corrected chi connectivity index (χ4v) is 0.677. The first-order chi connectivity index (χ1) is 5.56. The molecule has 0 heterocycles. The van der Waals surface area contributed by atoms with Gasteiger partial charge in [-0.3, -0.25) is 0 Å². The van der Waals surface area contributed by atoms with Gasteiger partial charge in [0, 0.05) is 6.61 Å². The highest BCUT2D eigenvalue weighted by atomic mass is 16.5. The first kappa shape index (κ1) is 11.4. The van der Waals surface area contributed by atoms with E-state index in [4.69, 9.17) is 15.1 Å². The van der Waals surface area contributed by atoms with Gasteiger partial charge in [-0.25, -0.2) is 0 Å². The van der Waals surface area contributed by atoms with E-state index in [-0.39, 0.29) is 12.5 Å². The summed E-state index contributed by atoms with van der Waals surface area (Å²) in [6.45, 7) is 6.22. The van der Waals surface area contributed by atoms with Crippen molar-refractivity contribution < 1.29 is 9.84 Å². The Kier molecular flexibility index (Phi) is 4.87. The molecule has 0 aliphatic carbocycles. The maximum atomic E-state index is 8.82. The molecule has 3 heteroatoms. The topological polar surface area (TPSA) is 53.2 Å². The van der Waals surface area contributed by atoms with Gasteiger partial charge < -0.3 is 9.84 Å². The Bertz CT molecular complexity index is 162. The number of nitriles is 1. The Morgan fingerprint density at radius 2 is 2.17 bits per heavy atom. The first-order valence-corrected chi connectivity index (χ1v) is 4.23. The molecule has 0 aromatic heterocycles. The molecule has 0 saturated carbocycles. The second-order valence-corrected chi connectivity index (χ2v) is 3.30. The fraction of sp³-hybridized carbons (Fsp3) is 0.889. The van der Waals surface area contributed by atoms with Gasteiger partial charge in [0.05, 0.1) is 12.7 Å². The second kappa shape index (κ2) is 5.13. The van der Waals surface area contributed by atoms with Gasteiger partial charge in [0.1, 0.15) is 0 Å². The van der Waals surface area contributed by atoms with Crippen molar-refractivity contribution in [2.75, 3.05) is 13.2 Å². The third-order valence-electron chi connectivity index (χ3n) is 2.03. The molecule has 0 radical (unpaired) electrons. The number of aliphatic hydroxyl groups is 1. The summed E-state index contributed by atoms with van der Waals surface area (Å²) in [7, 11) is 0. The van der Waals surface area contributed by atoms with Crippen LogP contribution < -0.4 is 0 Å². The summed E-state index contributed by atoms with van der Waals surface area (Å²) in [4.78, 5) is 0. The summed E-state index contributed by atoms with van der Waals surface area (Å²) < 4.78 is 5.36. The number of ether oxygens (including phenoxy) is 1. The molecule has 0 saturated heterocycles. The highest BCUT2D eigenvalue weighted by molar-refractivity contribution is 5.00. The molecule has 0 aliphatic rings. The molecule has 0 aromatic carbocycles. The van der Waals surface area contributed by atoms with E-state index in [0.717, 1.165) is 0 Å². The predicted molar refractivity (Wildman–Crippen MR) is 46.5 cm³/mol. The summed E-state index contributed by atoms with van der Waals surface area (Å²) in [5.41, 5.74) is -0.713. The average molecular weight is 171 g/mol. The van der Waals surface area contributed by atoms with E-state index in [0.29, 0.717) is 13.0 Å². The lowest BCUT2D eigenvalue weighted by Gasteiger charge is -2.26. The molecule has 0 aliphatic heterocycles. The maximum absolute atomic E-state index is 8.82. The number of nitrogens with zero attached hydrogens (tertiary/aromatic N) is 1. The third-order valence-corrected chi connectivity index (χ3v) is 2.03. The molecular formula is C9H17NO2. The molecule has 0 fully saturated rings. The zero-order valence-electron chi connectivity index (χ0n) is 8.00. The quantitative estimate of drug-likeness (QED) is 0.635. The first-order valence-electron chi connectivity index (χ1n) is 4.23. The molecule has 0 bridgehead atoms. The van der Waals surface area contributed by atoms with Gasteiger partial charge in [-0.15, -0.1) is 0 Å². The Morgan fingerprint density at radius 1 is 1.58 bits per heavy atom. The minimum atomic E-state index is -0.713. The van der Waals surface area contributed by atoms with Crippen molar-refractivity contribution in [1.82, 2.24) is 0 Å². The number of aliphatic hydroxyl groups excluding tert-OH is 1. The largest absolute Gasteiger partial charge is 0.396 e. The van der Waals surface area contributed by atoms with E-state index in [9.17, 15) is 0 Å². The Labute approximate surface area is 74.0 Å². The predicted octanol–water partition coefficient (Wildman–Crippen LogP) is 1.32. The van der Waals surface area contributed by atoms with Crippen LogP contribution in [0.1, 0.15) is 27.2 Å². The molecule has 70 valence electrons. The molecule has 0 spiro atoms. The zero-order chi connectivity index (χ0) is 9.61. The van der Waals surface area contributed by atoms with Crippen molar-refractivity contribution in [3.63, 3.8) is 0 Å². The van der Waals surface area contributed by atoms with Crippen LogP contribution in [0.4, 0.5) is 0 Å². The molecular weight excluding hydrogens is 154 g/mol. The lowest BCUT2D eigenvalue weighted by molar-refractivity contribution is -0.0260. The molecule has 0 aromatic rings. The van der Waals surface area contributed by atoms with Gasteiger partial charge in [-0.1, -0.05) is 13.8 Å². The van der Waals surface area contributed by atoms with Crippen LogP contribution in [-0.2, 0) is 4.74 Å². The van der Waals surface area contributed by atoms with Gasteiger partial charge in [-0.05, 0) is 19.3 Å². The van der Waals surface area contributed by atoms with Crippen molar-refractivity contribution in [1.29, 1.82) is 5.26 Å². The number of rotatable bonds is 5. The van der Waals surface area contributed by atoms with Gasteiger partial charge in [0.25, 0.3) is 0 Å². The van der Waals surface area contributed by atoms with Gasteiger partial charge >= 0.3 is 0 Å². The highest BCUT2D eigenvalue weighted by Crippen LogP contribution is 2.20. The van der Waals surface area contributed by atoms with E-state index in [1.807, 2.05) is 13.8 Å². The van der Waals surface area contributed by atoms with Crippen LogP contribution in [0, 0.1) is 17.2 Å². The van der Waals surface area contributed by atoms with Crippen molar-refractivity contribution in [3.8, 4) is 6.07 Å². The molecule has 1 unspecified atom stereocenters. The molecule has 12 heavy (non-hydrogen) atoms. The van der Waals surface area contributed by atoms with Crippen LogP contribution in [0.5, 0.6) is 0 Å². The summed E-state index contributed by atoms with van der Waals surface area (Å²) in [5.74, 6) is 0.168. The van der Waals surface area contributed by atoms with Crippen molar-refractivity contribution in [2.45, 2.75) is 32.8 Å². The van der Waals surface area contributed by atoms with Gasteiger partial charge in [0.15, 0.2) is 5.60 Å². The molecule has 1 atom stereocenters. The second-order valence-electron chi connectivity index (χ2n) is 3.30. The minimum absolute atomic E-state index is 0.111. The summed E-state index contributed by atoms with van der Waals surface area (Å²) in [6.07, 6.45) is 0.587. The Hall–Kier alpha value is -0.590. The van der Waals surface area contributed by atoms with E-state index >= 15 is 0 Å². The van der Waals surface area contributed by atoms with Crippen LogP contribution in [0.3, 0.4) is 0 Å². The lowest BCUT2D eigenvalue weighted by Crippen LogP contribution is -2.33. The summed E-state index contributed by atoms with van der Waals surface area (Å²) in [6, 6.07) is 2.13. The molecule has 0 amide bonds. The monoisotopic (exact) mass is 171 g/mol. The molecule has 3 nitrogen and oxygen atoms in total. The summed E-state index contributed by atoms with van der Waals surface area (Å²) >= 11 is 0. The van der Waals surface area contributed by atoms with Crippen LogP contribution in [0.15, 0.2) is 0 Å². The van der Waals surface area contributed by atoms with Crippen molar-refractivity contribution in [3.05, 3.63) is 0 Å². The minimum Gasteiger partial charge on any atom is -0.396 e. The Morgan fingerprint density at radius 3 is 2.50 bits per heavy atom. The average Bonchev–Trinajstić information content (AvgIpc) is 2.04. The van der Waals surface area contributed by atoms with E-state index in [1.54, 1.807) is 6.92 Å². The van der Waals surface area contributed by atoms with Crippen LogP contribution in [0.25, 0.3) is 0 Å². The maximum Gasteiger partial charge on any atom is 0.153 e. The standard InChI is InChI=1S/C9H17NO2/c1-8(2)9(3,7-10)12-6-4-5-11/h8,11H,4-6H2,1-3H3. The SMILES string of the molecule is CC(C)C(C)(C#N)OCCCO. The fourth-order valence-electron chi connectivity index (χ4n) is 0.677. The molecule has 1 N–H and O–H groups in total. The van der Waals surface area contributed by atoms with Crippen LogP contribution in [0.2, 0.25) is 0 Å². The van der Waals surface area contributed by atoms with Crippen LogP contribution in [-0.4, -0.2) is 23.9 Å². The van der Waals surface area contributed by atoms with Crippen molar-refractivity contribution >= 4 is 0 Å². The van der Waals surface area contributed by atoms with E-state index in [2.05, 4.69) is 6.07 Å². The number of hydrogen-bond acceptors (Lipinski definition) is 3. The van der Waals surface area contributed by atoms with Gasteiger partial charge in [0.2, 0.25) is 0 Å². The highest BCUT2D eigenvalue weighted by Gasteiger charge is 2.28. The van der Waals surface area contributed by atoms with Crippen LogP contribution >= 0.6 is 0 Å². The summed E-state index contributed by atoms with van der Waals surface area (Å²) in [5, 5.41) is 17.3. The van der Waals surface area contributed by atoms with Gasteiger partial charge in [-0.2, -0.15) is 5.26 Å². The van der Waals surface area contributed by atoms with Crippen molar-refractivity contribution in [2.24, 2.45) is 5.92 Å². The molecule has 0 rings (SSSR count). The normalized spacial score (nSPS) is 15.7. The Balaban J connectivity index is 3.91.